The first-order valence-electron chi connectivity index (χ1n) is 9.04. The quantitative estimate of drug-likeness (QED) is 0.820. The van der Waals surface area contributed by atoms with Gasteiger partial charge in [-0.1, -0.05) is 23.7 Å². The zero-order valence-electron chi connectivity index (χ0n) is 15.5. The van der Waals surface area contributed by atoms with Gasteiger partial charge in [0.15, 0.2) is 6.10 Å². The van der Waals surface area contributed by atoms with Crippen molar-refractivity contribution < 1.29 is 14.3 Å². The van der Waals surface area contributed by atoms with Crippen LogP contribution in [0.25, 0.3) is 0 Å². The Bertz CT molecular complexity index is 836. The van der Waals surface area contributed by atoms with E-state index in [1.54, 1.807) is 30.0 Å². The van der Waals surface area contributed by atoms with Crippen LogP contribution in [0.15, 0.2) is 42.5 Å². The average molecular weight is 387 g/mol. The molecule has 0 aliphatic carbocycles. The highest BCUT2D eigenvalue weighted by Gasteiger charge is 2.21. The van der Waals surface area contributed by atoms with Crippen molar-refractivity contribution >= 4 is 29.1 Å². The van der Waals surface area contributed by atoms with Gasteiger partial charge in [0.1, 0.15) is 5.75 Å². The molecule has 2 aromatic carbocycles. The summed E-state index contributed by atoms with van der Waals surface area (Å²) in [7, 11) is 0. The van der Waals surface area contributed by atoms with Gasteiger partial charge >= 0.3 is 0 Å². The van der Waals surface area contributed by atoms with Gasteiger partial charge in [-0.15, -0.1) is 0 Å². The Hall–Kier alpha value is -2.53. The number of hydrogen-bond donors (Lipinski definition) is 1. The van der Waals surface area contributed by atoms with Gasteiger partial charge in [0, 0.05) is 30.2 Å². The summed E-state index contributed by atoms with van der Waals surface area (Å²) in [5.41, 5.74) is 2.75. The third-order valence-corrected chi connectivity index (χ3v) is 4.83. The largest absolute Gasteiger partial charge is 0.481 e. The summed E-state index contributed by atoms with van der Waals surface area (Å²) in [5, 5.41) is 3.51. The van der Waals surface area contributed by atoms with E-state index in [0.29, 0.717) is 23.7 Å². The fourth-order valence-electron chi connectivity index (χ4n) is 3.04. The molecule has 1 atom stereocenters. The van der Waals surface area contributed by atoms with Crippen LogP contribution in [0.1, 0.15) is 30.9 Å². The molecule has 1 N–H and O–H groups in total. The third kappa shape index (κ3) is 4.80. The Morgan fingerprint density at radius 1 is 1.26 bits per heavy atom. The predicted molar refractivity (Wildman–Crippen MR) is 106 cm³/mol. The minimum Gasteiger partial charge on any atom is -0.481 e. The second-order valence-corrected chi connectivity index (χ2v) is 7.14. The van der Waals surface area contributed by atoms with Crippen molar-refractivity contribution in [3.8, 4) is 5.75 Å². The van der Waals surface area contributed by atoms with E-state index >= 15 is 0 Å². The lowest BCUT2D eigenvalue weighted by Gasteiger charge is -2.17. The van der Waals surface area contributed by atoms with E-state index in [4.69, 9.17) is 16.3 Å². The van der Waals surface area contributed by atoms with Gasteiger partial charge in [0.05, 0.1) is 0 Å². The lowest BCUT2D eigenvalue weighted by Crippen LogP contribution is -2.36. The van der Waals surface area contributed by atoms with Crippen LogP contribution < -0.4 is 15.0 Å². The summed E-state index contributed by atoms with van der Waals surface area (Å²) in [6.07, 6.45) is 0.899. The second-order valence-electron chi connectivity index (χ2n) is 6.70. The maximum absolute atomic E-state index is 12.3. The van der Waals surface area contributed by atoms with E-state index in [9.17, 15) is 9.59 Å². The van der Waals surface area contributed by atoms with E-state index in [-0.39, 0.29) is 11.8 Å². The number of amides is 2. The van der Waals surface area contributed by atoms with Crippen molar-refractivity contribution in [3.63, 3.8) is 0 Å². The number of nitrogens with one attached hydrogen (secondary N) is 1. The van der Waals surface area contributed by atoms with Crippen LogP contribution in [-0.4, -0.2) is 24.5 Å². The van der Waals surface area contributed by atoms with Gasteiger partial charge in [0.25, 0.3) is 5.91 Å². The van der Waals surface area contributed by atoms with Gasteiger partial charge in [-0.2, -0.15) is 0 Å². The number of hydrogen-bond acceptors (Lipinski definition) is 3. The fourth-order valence-corrected chi connectivity index (χ4v) is 3.26. The molecule has 0 bridgehead atoms. The molecule has 1 aliphatic heterocycles. The van der Waals surface area contributed by atoms with E-state index < -0.39 is 6.10 Å². The Kier molecular flexibility index (Phi) is 6.01. The van der Waals surface area contributed by atoms with Crippen molar-refractivity contribution in [3.05, 3.63) is 58.6 Å². The number of anilines is 1. The number of rotatable bonds is 6. The van der Waals surface area contributed by atoms with E-state index in [2.05, 4.69) is 5.32 Å². The first-order chi connectivity index (χ1) is 12.9. The van der Waals surface area contributed by atoms with Crippen LogP contribution in [0.4, 0.5) is 5.69 Å². The maximum Gasteiger partial charge on any atom is 0.261 e. The molecular weight excluding hydrogens is 364 g/mol. The van der Waals surface area contributed by atoms with Crippen LogP contribution in [0.5, 0.6) is 5.75 Å². The SMILES string of the molecule is Cc1cc(Cl)ccc1O[C@@H](C)C(=O)NCc1ccc(N2CCCC2=O)cc1. The van der Waals surface area contributed by atoms with Gasteiger partial charge < -0.3 is 15.0 Å². The van der Waals surface area contributed by atoms with Crippen LogP contribution in [0.3, 0.4) is 0 Å². The predicted octanol–water partition coefficient (Wildman–Crippen LogP) is 3.86. The zero-order valence-corrected chi connectivity index (χ0v) is 16.3. The molecule has 5 nitrogen and oxygen atoms in total. The molecular formula is C21H23ClN2O3. The highest BCUT2D eigenvalue weighted by molar-refractivity contribution is 6.30. The molecule has 2 amide bonds. The first kappa shape index (κ1) is 19.2. The summed E-state index contributed by atoms with van der Waals surface area (Å²) in [6.45, 7) is 4.78. The number of halogens is 1. The molecule has 2 aromatic rings. The van der Waals surface area contributed by atoms with Crippen molar-refractivity contribution in [2.75, 3.05) is 11.4 Å². The van der Waals surface area contributed by atoms with E-state index in [1.807, 2.05) is 31.2 Å². The van der Waals surface area contributed by atoms with E-state index in [1.165, 1.54) is 0 Å². The zero-order chi connectivity index (χ0) is 19.4. The molecule has 0 saturated carbocycles. The van der Waals surface area contributed by atoms with Crippen LogP contribution in [-0.2, 0) is 16.1 Å². The number of benzene rings is 2. The lowest BCUT2D eigenvalue weighted by atomic mass is 10.2. The Morgan fingerprint density at radius 2 is 2.00 bits per heavy atom. The molecule has 1 heterocycles. The van der Waals surface area contributed by atoms with Crippen LogP contribution in [0, 0.1) is 6.92 Å². The van der Waals surface area contributed by atoms with Gasteiger partial charge in [-0.3, -0.25) is 9.59 Å². The summed E-state index contributed by atoms with van der Waals surface area (Å²) in [4.78, 5) is 25.9. The monoisotopic (exact) mass is 386 g/mol. The molecule has 1 fully saturated rings. The molecule has 142 valence electrons. The van der Waals surface area contributed by atoms with E-state index in [0.717, 1.165) is 29.8 Å². The molecule has 1 aliphatic rings. The number of carbonyl (C=O) groups excluding carboxylic acids is 2. The van der Waals surface area contributed by atoms with Gasteiger partial charge in [-0.05, 0) is 61.7 Å². The Labute approximate surface area is 164 Å². The number of aryl methyl sites for hydroxylation is 1. The van der Waals surface area contributed by atoms with Crippen LogP contribution in [0.2, 0.25) is 5.02 Å². The second kappa shape index (κ2) is 8.44. The Morgan fingerprint density at radius 3 is 2.63 bits per heavy atom. The average Bonchev–Trinajstić information content (AvgIpc) is 3.08. The molecule has 3 rings (SSSR count). The Balaban J connectivity index is 1.53. The molecule has 0 unspecified atom stereocenters. The lowest BCUT2D eigenvalue weighted by molar-refractivity contribution is -0.127. The molecule has 0 spiro atoms. The number of ether oxygens (including phenoxy) is 1. The third-order valence-electron chi connectivity index (χ3n) is 4.60. The highest BCUT2D eigenvalue weighted by atomic mass is 35.5. The highest BCUT2D eigenvalue weighted by Crippen LogP contribution is 2.23. The summed E-state index contributed by atoms with van der Waals surface area (Å²) < 4.78 is 5.73. The molecule has 6 heteroatoms. The minimum absolute atomic E-state index is 0.166. The molecule has 27 heavy (non-hydrogen) atoms. The maximum atomic E-state index is 12.3. The summed E-state index contributed by atoms with van der Waals surface area (Å²) in [6, 6.07) is 13.0. The van der Waals surface area contributed by atoms with Gasteiger partial charge in [0.2, 0.25) is 5.91 Å². The minimum atomic E-state index is -0.619. The van der Waals surface area contributed by atoms with Crippen LogP contribution >= 0.6 is 11.6 Å². The summed E-state index contributed by atoms with van der Waals surface area (Å²) >= 11 is 5.94. The first-order valence-corrected chi connectivity index (χ1v) is 9.41. The van der Waals surface area contributed by atoms with Gasteiger partial charge in [-0.25, -0.2) is 0 Å². The van der Waals surface area contributed by atoms with Crippen molar-refractivity contribution in [1.82, 2.24) is 5.32 Å². The normalized spacial score (nSPS) is 14.9. The standard InChI is InChI=1S/C21H23ClN2O3/c1-14-12-17(22)7-10-19(14)27-15(2)21(26)23-13-16-5-8-18(9-6-16)24-11-3-4-20(24)25/h5-10,12,15H,3-4,11,13H2,1-2H3,(H,23,26)/t15-/m0/s1. The fraction of sp³-hybridized carbons (Fsp3) is 0.333. The number of nitrogens with zero attached hydrogens (tertiary/aromatic N) is 1. The molecule has 1 saturated heterocycles. The molecule has 0 radical (unpaired) electrons. The molecule has 0 aromatic heterocycles. The number of carbonyl (C=O) groups is 2. The summed E-state index contributed by atoms with van der Waals surface area (Å²) in [5.74, 6) is 0.615. The van der Waals surface area contributed by atoms with Crippen molar-refractivity contribution in [1.29, 1.82) is 0 Å². The smallest absolute Gasteiger partial charge is 0.261 e. The topological polar surface area (TPSA) is 58.6 Å². The van der Waals surface area contributed by atoms with Crippen molar-refractivity contribution in [2.24, 2.45) is 0 Å². The van der Waals surface area contributed by atoms with Crippen molar-refractivity contribution in [2.45, 2.75) is 39.3 Å².